The van der Waals surface area contributed by atoms with Crippen molar-refractivity contribution in [2.24, 2.45) is 5.92 Å². The van der Waals surface area contributed by atoms with Crippen LogP contribution in [0.1, 0.15) is 12.8 Å². The van der Waals surface area contributed by atoms with Crippen LogP contribution in [0.3, 0.4) is 0 Å². The van der Waals surface area contributed by atoms with Gasteiger partial charge in [0, 0.05) is 30.9 Å². The maximum atomic E-state index is 12.5. The van der Waals surface area contributed by atoms with Crippen molar-refractivity contribution < 1.29 is 19.2 Å². The Labute approximate surface area is 162 Å². The molecular formula is C20H21N3O5. The summed E-state index contributed by atoms with van der Waals surface area (Å²) < 4.78 is 5.43. The highest BCUT2D eigenvalue weighted by Crippen LogP contribution is 2.20. The number of piperidine rings is 1. The van der Waals surface area contributed by atoms with Crippen LogP contribution in [-0.4, -0.2) is 41.3 Å². The molecule has 1 saturated heterocycles. The molecule has 1 aliphatic rings. The summed E-state index contributed by atoms with van der Waals surface area (Å²) in [5.41, 5.74) is 0.694. The highest BCUT2D eigenvalue weighted by Gasteiger charge is 2.28. The number of non-ortho nitro benzene ring substituents is 1. The van der Waals surface area contributed by atoms with E-state index in [0.717, 1.165) is 18.5 Å². The number of nitro groups is 1. The van der Waals surface area contributed by atoms with Crippen LogP contribution in [0.15, 0.2) is 54.6 Å². The van der Waals surface area contributed by atoms with Gasteiger partial charge in [-0.1, -0.05) is 18.2 Å². The highest BCUT2D eigenvalue weighted by atomic mass is 16.6. The number of nitro benzene ring substituents is 1. The smallest absolute Gasteiger partial charge is 0.269 e. The number of carbonyl (C=O) groups excluding carboxylic acids is 2. The first kappa shape index (κ1) is 19.3. The van der Waals surface area contributed by atoms with E-state index in [1.807, 2.05) is 30.3 Å². The Morgan fingerprint density at radius 3 is 2.54 bits per heavy atom. The van der Waals surface area contributed by atoms with Gasteiger partial charge in [-0.25, -0.2) is 0 Å². The second-order valence-corrected chi connectivity index (χ2v) is 6.57. The number of hydrogen-bond donors (Lipinski definition) is 1. The van der Waals surface area contributed by atoms with Crippen LogP contribution >= 0.6 is 0 Å². The van der Waals surface area contributed by atoms with Crippen molar-refractivity contribution in [3.8, 4) is 5.75 Å². The van der Waals surface area contributed by atoms with Gasteiger partial charge in [0.05, 0.1) is 10.8 Å². The lowest BCUT2D eigenvalue weighted by Gasteiger charge is -2.32. The van der Waals surface area contributed by atoms with E-state index in [9.17, 15) is 19.7 Å². The number of nitrogens with one attached hydrogen (secondary N) is 1. The minimum absolute atomic E-state index is 0.0398. The lowest BCUT2D eigenvalue weighted by atomic mass is 9.97. The molecule has 0 bridgehead atoms. The molecule has 0 spiro atoms. The molecule has 0 saturated carbocycles. The molecule has 8 heteroatoms. The predicted octanol–water partition coefficient (Wildman–Crippen LogP) is 2.85. The summed E-state index contributed by atoms with van der Waals surface area (Å²) in [5, 5.41) is 13.5. The molecule has 0 unspecified atom stereocenters. The number of amides is 2. The maximum absolute atomic E-state index is 12.5. The van der Waals surface area contributed by atoms with Crippen LogP contribution in [0.5, 0.6) is 5.75 Å². The number of carbonyl (C=O) groups is 2. The molecule has 0 aromatic heterocycles. The van der Waals surface area contributed by atoms with Gasteiger partial charge >= 0.3 is 0 Å². The fourth-order valence-corrected chi connectivity index (χ4v) is 3.08. The van der Waals surface area contributed by atoms with Crippen molar-refractivity contribution in [2.45, 2.75) is 12.8 Å². The van der Waals surface area contributed by atoms with Gasteiger partial charge in [0.1, 0.15) is 5.75 Å². The summed E-state index contributed by atoms with van der Waals surface area (Å²) >= 11 is 0. The van der Waals surface area contributed by atoms with Crippen LogP contribution in [0.25, 0.3) is 0 Å². The molecule has 0 radical (unpaired) electrons. The normalized spacial score (nSPS) is 16.3. The molecule has 1 N–H and O–H groups in total. The SMILES string of the molecule is O=C(Nc1ccccc1)[C@H]1CCCN(C(=O)COc2ccc([N+](=O)[O-])cc2)C1. The topological polar surface area (TPSA) is 102 Å². The van der Waals surface area contributed by atoms with Gasteiger partial charge in [0.25, 0.3) is 11.6 Å². The Balaban J connectivity index is 1.51. The zero-order valence-corrected chi connectivity index (χ0v) is 15.2. The van der Waals surface area contributed by atoms with Gasteiger partial charge in [-0.05, 0) is 37.1 Å². The van der Waals surface area contributed by atoms with Crippen LogP contribution in [0.2, 0.25) is 0 Å². The molecule has 0 aliphatic carbocycles. The van der Waals surface area contributed by atoms with Crippen molar-refractivity contribution in [2.75, 3.05) is 25.0 Å². The number of anilines is 1. The summed E-state index contributed by atoms with van der Waals surface area (Å²) in [4.78, 5) is 36.7. The number of rotatable bonds is 6. The standard InChI is InChI=1S/C20H21N3O5/c24-19(14-28-18-10-8-17(9-11-18)23(26)27)22-12-4-5-15(13-22)20(25)21-16-6-2-1-3-7-16/h1-3,6-11,15H,4-5,12-14H2,(H,21,25)/t15-/m0/s1. The zero-order valence-electron chi connectivity index (χ0n) is 15.2. The number of likely N-dealkylation sites (tertiary alicyclic amines) is 1. The molecule has 1 atom stereocenters. The van der Waals surface area contributed by atoms with Gasteiger partial charge in [0.2, 0.25) is 5.91 Å². The molecule has 2 amide bonds. The molecule has 1 heterocycles. The number of ether oxygens (including phenoxy) is 1. The molecule has 1 aliphatic heterocycles. The monoisotopic (exact) mass is 383 g/mol. The van der Waals surface area contributed by atoms with E-state index in [0.29, 0.717) is 18.8 Å². The molecule has 3 rings (SSSR count). The van der Waals surface area contributed by atoms with Gasteiger partial charge < -0.3 is 15.0 Å². The van der Waals surface area contributed by atoms with Gasteiger partial charge in [-0.2, -0.15) is 0 Å². The molecule has 146 valence electrons. The quantitative estimate of drug-likeness (QED) is 0.610. The number of benzene rings is 2. The zero-order chi connectivity index (χ0) is 19.9. The van der Waals surface area contributed by atoms with Crippen molar-refractivity contribution in [3.05, 3.63) is 64.7 Å². The lowest BCUT2D eigenvalue weighted by Crippen LogP contribution is -2.45. The fraction of sp³-hybridized carbons (Fsp3) is 0.300. The van der Waals surface area contributed by atoms with E-state index in [-0.39, 0.29) is 30.0 Å². The van der Waals surface area contributed by atoms with E-state index in [1.165, 1.54) is 24.3 Å². The highest BCUT2D eigenvalue weighted by molar-refractivity contribution is 5.93. The average molecular weight is 383 g/mol. The number of nitrogens with zero attached hydrogens (tertiary/aromatic N) is 2. The average Bonchev–Trinajstić information content (AvgIpc) is 2.73. The maximum Gasteiger partial charge on any atom is 0.269 e. The first-order valence-corrected chi connectivity index (χ1v) is 9.04. The third-order valence-electron chi connectivity index (χ3n) is 4.60. The molecule has 2 aromatic rings. The number of hydrogen-bond acceptors (Lipinski definition) is 5. The minimum Gasteiger partial charge on any atom is -0.484 e. The van der Waals surface area contributed by atoms with Crippen LogP contribution in [0, 0.1) is 16.0 Å². The van der Waals surface area contributed by atoms with Crippen LogP contribution in [-0.2, 0) is 9.59 Å². The Hall–Kier alpha value is -3.42. The fourth-order valence-electron chi connectivity index (χ4n) is 3.08. The Morgan fingerprint density at radius 1 is 1.14 bits per heavy atom. The summed E-state index contributed by atoms with van der Waals surface area (Å²) in [7, 11) is 0. The number of para-hydroxylation sites is 1. The molecule has 1 fully saturated rings. The van der Waals surface area contributed by atoms with E-state index in [4.69, 9.17) is 4.74 Å². The Morgan fingerprint density at radius 2 is 1.86 bits per heavy atom. The van der Waals surface area contributed by atoms with E-state index in [1.54, 1.807) is 4.90 Å². The van der Waals surface area contributed by atoms with Gasteiger partial charge in [-0.15, -0.1) is 0 Å². The second kappa shape index (κ2) is 8.98. The lowest BCUT2D eigenvalue weighted by molar-refractivity contribution is -0.384. The molecule has 2 aromatic carbocycles. The van der Waals surface area contributed by atoms with Crippen LogP contribution < -0.4 is 10.1 Å². The third-order valence-corrected chi connectivity index (χ3v) is 4.60. The molecular weight excluding hydrogens is 362 g/mol. The Kier molecular flexibility index (Phi) is 6.21. The van der Waals surface area contributed by atoms with E-state index < -0.39 is 4.92 Å². The largest absolute Gasteiger partial charge is 0.484 e. The summed E-state index contributed by atoms with van der Waals surface area (Å²) in [6.07, 6.45) is 1.47. The third kappa shape index (κ3) is 5.06. The summed E-state index contributed by atoms with van der Waals surface area (Å²) in [6, 6.07) is 14.8. The van der Waals surface area contributed by atoms with Crippen molar-refractivity contribution in [1.82, 2.24) is 4.90 Å². The van der Waals surface area contributed by atoms with E-state index >= 15 is 0 Å². The molecule has 28 heavy (non-hydrogen) atoms. The van der Waals surface area contributed by atoms with Crippen molar-refractivity contribution >= 4 is 23.2 Å². The first-order chi connectivity index (χ1) is 13.5. The van der Waals surface area contributed by atoms with Gasteiger partial charge in [0.15, 0.2) is 6.61 Å². The van der Waals surface area contributed by atoms with E-state index in [2.05, 4.69) is 5.32 Å². The second-order valence-electron chi connectivity index (χ2n) is 6.57. The van der Waals surface area contributed by atoms with Crippen LogP contribution in [0.4, 0.5) is 11.4 Å². The Bertz CT molecular complexity index is 839. The van der Waals surface area contributed by atoms with Gasteiger partial charge in [-0.3, -0.25) is 19.7 Å². The first-order valence-electron chi connectivity index (χ1n) is 9.04. The van der Waals surface area contributed by atoms with Crippen molar-refractivity contribution in [3.63, 3.8) is 0 Å². The predicted molar refractivity (Wildman–Crippen MR) is 103 cm³/mol. The minimum atomic E-state index is -0.497. The molecule has 8 nitrogen and oxygen atoms in total. The summed E-state index contributed by atoms with van der Waals surface area (Å²) in [5.74, 6) is -0.192. The van der Waals surface area contributed by atoms with Crippen molar-refractivity contribution in [1.29, 1.82) is 0 Å². The summed E-state index contributed by atoms with van der Waals surface area (Å²) in [6.45, 7) is 0.754.